The van der Waals surface area contributed by atoms with Crippen LogP contribution in [-0.4, -0.2) is 74.1 Å². The number of rotatable bonds is 9. The third kappa shape index (κ3) is 5.43. The summed E-state index contributed by atoms with van der Waals surface area (Å²) >= 11 is 6.09. The van der Waals surface area contributed by atoms with Crippen molar-refractivity contribution in [2.45, 2.75) is 32.6 Å². The van der Waals surface area contributed by atoms with Crippen molar-refractivity contribution >= 4 is 33.4 Å². The molecule has 2 amide bonds. The predicted molar refractivity (Wildman–Crippen MR) is 106 cm³/mol. The second-order valence-corrected chi connectivity index (χ2v) is 8.28. The summed E-state index contributed by atoms with van der Waals surface area (Å²) in [5, 5.41) is 0.0559. The summed E-state index contributed by atoms with van der Waals surface area (Å²) < 4.78 is 26.8. The Bertz CT molecular complexity index is 775. The molecule has 0 atom stereocenters. The number of carbonyl (C=O) groups excluding carboxylic acids is 2. The molecule has 0 bridgehead atoms. The van der Waals surface area contributed by atoms with E-state index in [1.807, 2.05) is 13.8 Å². The van der Waals surface area contributed by atoms with Gasteiger partial charge in [-0.05, 0) is 32.0 Å². The fourth-order valence-corrected chi connectivity index (χ4v) is 4.67. The summed E-state index contributed by atoms with van der Waals surface area (Å²) in [6.07, 6.45) is 0. The Morgan fingerprint density at radius 2 is 1.56 bits per heavy atom. The predicted octanol–water partition coefficient (Wildman–Crippen LogP) is 2.31. The molecule has 9 heteroatoms. The molecule has 0 aliphatic rings. The van der Waals surface area contributed by atoms with Gasteiger partial charge in [0.15, 0.2) is 0 Å². The van der Waals surface area contributed by atoms with Gasteiger partial charge in [0.05, 0.1) is 11.6 Å². The quantitative estimate of drug-likeness (QED) is 0.617. The van der Waals surface area contributed by atoms with Crippen LogP contribution in [0.3, 0.4) is 0 Å². The van der Waals surface area contributed by atoms with Crippen molar-refractivity contribution in [2.24, 2.45) is 0 Å². The highest BCUT2D eigenvalue weighted by Crippen LogP contribution is 2.26. The van der Waals surface area contributed by atoms with E-state index < -0.39 is 15.9 Å². The molecular weight excluding hydrogens is 390 g/mol. The Kier molecular flexibility index (Phi) is 8.71. The van der Waals surface area contributed by atoms with Gasteiger partial charge in [-0.1, -0.05) is 25.4 Å². The van der Waals surface area contributed by atoms with Crippen molar-refractivity contribution in [1.29, 1.82) is 0 Å². The van der Waals surface area contributed by atoms with Crippen LogP contribution in [0, 0.1) is 0 Å². The number of hydrogen-bond donors (Lipinski definition) is 0. The van der Waals surface area contributed by atoms with Crippen LogP contribution >= 0.6 is 11.6 Å². The van der Waals surface area contributed by atoms with Crippen molar-refractivity contribution in [2.75, 3.05) is 39.8 Å². The van der Waals surface area contributed by atoms with Crippen molar-refractivity contribution < 1.29 is 18.0 Å². The van der Waals surface area contributed by atoms with E-state index >= 15 is 0 Å². The van der Waals surface area contributed by atoms with E-state index in [1.54, 1.807) is 18.7 Å². The Hall–Kier alpha value is -1.64. The molecule has 0 aliphatic carbocycles. The van der Waals surface area contributed by atoms with Gasteiger partial charge in [0.1, 0.15) is 4.90 Å². The van der Waals surface area contributed by atoms with Crippen molar-refractivity contribution in [3.63, 3.8) is 0 Å². The second-order valence-electron chi connectivity index (χ2n) is 5.96. The van der Waals surface area contributed by atoms with E-state index in [0.717, 1.165) is 0 Å². The number of sulfonamides is 1. The zero-order chi connectivity index (χ0) is 20.8. The van der Waals surface area contributed by atoms with Crippen molar-refractivity contribution in [1.82, 2.24) is 14.1 Å². The van der Waals surface area contributed by atoms with Crippen LogP contribution < -0.4 is 0 Å². The molecule has 0 N–H and O–H groups in total. The van der Waals surface area contributed by atoms with Crippen LogP contribution in [0.4, 0.5) is 0 Å². The minimum Gasteiger partial charge on any atom is -0.342 e. The molecule has 0 unspecified atom stereocenters. The maximum atomic E-state index is 12.8. The highest BCUT2D eigenvalue weighted by Gasteiger charge is 2.26. The zero-order valence-electron chi connectivity index (χ0n) is 16.5. The third-order valence-corrected chi connectivity index (χ3v) is 6.87. The van der Waals surface area contributed by atoms with Gasteiger partial charge in [-0.2, -0.15) is 4.31 Å². The first kappa shape index (κ1) is 23.4. The Labute approximate surface area is 166 Å². The number of hydrogen-bond acceptors (Lipinski definition) is 4. The smallest absolute Gasteiger partial charge is 0.254 e. The standard InChI is InChI=1S/C18H28ClN3O4S/c1-6-21(7-2)17(23)13-20(5)18(24)14-10-11-15(19)16(12-14)27(25,26)22(8-3)9-4/h10-12H,6-9,13H2,1-5H3. The topological polar surface area (TPSA) is 78.0 Å². The fraction of sp³-hybridized carbons (Fsp3) is 0.556. The summed E-state index contributed by atoms with van der Waals surface area (Å²) in [6.45, 7) is 8.83. The molecule has 7 nitrogen and oxygen atoms in total. The van der Waals surface area contributed by atoms with Crippen LogP contribution in [0.15, 0.2) is 23.1 Å². The molecule has 0 aliphatic heterocycles. The summed E-state index contributed by atoms with van der Waals surface area (Å²) in [4.78, 5) is 27.7. The number of halogens is 1. The largest absolute Gasteiger partial charge is 0.342 e. The van der Waals surface area contributed by atoms with Crippen molar-refractivity contribution in [3.8, 4) is 0 Å². The molecule has 0 saturated heterocycles. The first-order chi connectivity index (χ1) is 12.6. The van der Waals surface area contributed by atoms with Gasteiger partial charge in [0.25, 0.3) is 5.91 Å². The van der Waals surface area contributed by atoms with E-state index in [-0.39, 0.29) is 27.9 Å². The van der Waals surface area contributed by atoms with Gasteiger partial charge in [0, 0.05) is 38.8 Å². The molecule has 27 heavy (non-hydrogen) atoms. The molecule has 152 valence electrons. The fourth-order valence-electron chi connectivity index (χ4n) is 2.71. The Balaban J connectivity index is 3.15. The van der Waals surface area contributed by atoms with E-state index in [0.29, 0.717) is 26.2 Å². The number of likely N-dealkylation sites (N-methyl/N-ethyl adjacent to an activating group) is 2. The summed E-state index contributed by atoms with van der Waals surface area (Å²) in [7, 11) is -2.29. The molecule has 1 rings (SSSR count). The Morgan fingerprint density at radius 3 is 2.04 bits per heavy atom. The van der Waals surface area contributed by atoms with Gasteiger partial charge < -0.3 is 9.80 Å². The molecule has 0 aromatic heterocycles. The van der Waals surface area contributed by atoms with Crippen LogP contribution in [0.1, 0.15) is 38.1 Å². The second kappa shape index (κ2) is 10.1. The van der Waals surface area contributed by atoms with Gasteiger partial charge in [0.2, 0.25) is 15.9 Å². The Morgan fingerprint density at radius 1 is 1.00 bits per heavy atom. The molecule has 0 radical (unpaired) electrons. The lowest BCUT2D eigenvalue weighted by Crippen LogP contribution is -2.41. The highest BCUT2D eigenvalue weighted by molar-refractivity contribution is 7.89. The van der Waals surface area contributed by atoms with Crippen molar-refractivity contribution in [3.05, 3.63) is 28.8 Å². The van der Waals surface area contributed by atoms with Crippen LogP contribution in [0.5, 0.6) is 0 Å². The number of carbonyl (C=O) groups is 2. The molecule has 1 aromatic carbocycles. The number of benzene rings is 1. The van der Waals surface area contributed by atoms with E-state index in [9.17, 15) is 18.0 Å². The van der Waals surface area contributed by atoms with Crippen LogP contribution in [-0.2, 0) is 14.8 Å². The minimum absolute atomic E-state index is 0.0559. The average Bonchev–Trinajstić information content (AvgIpc) is 2.63. The summed E-state index contributed by atoms with van der Waals surface area (Å²) in [6, 6.07) is 4.13. The summed E-state index contributed by atoms with van der Waals surface area (Å²) in [5.41, 5.74) is 0.167. The third-order valence-electron chi connectivity index (χ3n) is 4.34. The van der Waals surface area contributed by atoms with Crippen LogP contribution in [0.25, 0.3) is 0 Å². The molecule has 0 spiro atoms. The SMILES string of the molecule is CCN(CC)C(=O)CN(C)C(=O)c1ccc(Cl)c(S(=O)(=O)N(CC)CC)c1. The van der Waals surface area contributed by atoms with Gasteiger partial charge in [-0.3, -0.25) is 9.59 Å². The average molecular weight is 418 g/mol. The number of amides is 2. The van der Waals surface area contributed by atoms with Gasteiger partial charge >= 0.3 is 0 Å². The van der Waals surface area contributed by atoms with E-state index in [2.05, 4.69) is 0 Å². The lowest BCUT2D eigenvalue weighted by molar-refractivity contribution is -0.131. The lowest BCUT2D eigenvalue weighted by Gasteiger charge is -2.24. The highest BCUT2D eigenvalue weighted by atomic mass is 35.5. The number of nitrogens with zero attached hydrogens (tertiary/aromatic N) is 3. The molecule has 1 aromatic rings. The molecule has 0 heterocycles. The minimum atomic E-state index is -3.80. The van der Waals surface area contributed by atoms with Gasteiger partial charge in [-0.15, -0.1) is 0 Å². The monoisotopic (exact) mass is 417 g/mol. The van der Waals surface area contributed by atoms with Crippen LogP contribution in [0.2, 0.25) is 5.02 Å². The first-order valence-corrected chi connectivity index (χ1v) is 10.8. The lowest BCUT2D eigenvalue weighted by atomic mass is 10.2. The van der Waals surface area contributed by atoms with Gasteiger partial charge in [-0.25, -0.2) is 8.42 Å². The summed E-state index contributed by atoms with van der Waals surface area (Å²) in [5.74, 6) is -0.607. The maximum Gasteiger partial charge on any atom is 0.254 e. The first-order valence-electron chi connectivity index (χ1n) is 8.96. The van der Waals surface area contributed by atoms with E-state index in [4.69, 9.17) is 11.6 Å². The molecular formula is C18H28ClN3O4S. The van der Waals surface area contributed by atoms with E-state index in [1.165, 1.54) is 34.5 Å². The molecule has 0 saturated carbocycles. The maximum absolute atomic E-state index is 12.8. The zero-order valence-corrected chi connectivity index (χ0v) is 18.1. The molecule has 0 fully saturated rings. The normalized spacial score (nSPS) is 11.5.